The van der Waals surface area contributed by atoms with E-state index in [0.29, 0.717) is 6.04 Å². The standard InChI is InChI=1S/C14H21N5/c1-14(2,3)12-9-19-6-5-11(16-13(19)17-12)10-7-15-18(4)8-10/h7-9,11H,5-6H2,1-4H3,(H,16,17). The highest BCUT2D eigenvalue weighted by Gasteiger charge is 2.25. The molecule has 19 heavy (non-hydrogen) atoms. The van der Waals surface area contributed by atoms with Crippen LogP contribution in [0, 0.1) is 0 Å². The van der Waals surface area contributed by atoms with E-state index in [-0.39, 0.29) is 5.41 Å². The molecule has 1 aliphatic heterocycles. The van der Waals surface area contributed by atoms with E-state index in [1.165, 1.54) is 5.56 Å². The minimum absolute atomic E-state index is 0.0931. The van der Waals surface area contributed by atoms with E-state index < -0.39 is 0 Å². The van der Waals surface area contributed by atoms with E-state index in [4.69, 9.17) is 4.98 Å². The maximum atomic E-state index is 4.73. The first-order valence-corrected chi connectivity index (χ1v) is 6.76. The molecule has 102 valence electrons. The predicted octanol–water partition coefficient (Wildman–Crippen LogP) is 2.47. The largest absolute Gasteiger partial charge is 0.349 e. The third-order valence-corrected chi connectivity index (χ3v) is 3.63. The van der Waals surface area contributed by atoms with Crippen LogP contribution in [-0.2, 0) is 19.0 Å². The Morgan fingerprint density at radius 2 is 2.11 bits per heavy atom. The van der Waals surface area contributed by atoms with Gasteiger partial charge in [-0.05, 0) is 6.42 Å². The lowest BCUT2D eigenvalue weighted by Crippen LogP contribution is -2.21. The number of hydrogen-bond donors (Lipinski definition) is 1. The predicted molar refractivity (Wildman–Crippen MR) is 75.1 cm³/mol. The summed E-state index contributed by atoms with van der Waals surface area (Å²) in [5.41, 5.74) is 2.46. The van der Waals surface area contributed by atoms with Gasteiger partial charge in [-0.15, -0.1) is 0 Å². The minimum Gasteiger partial charge on any atom is -0.349 e. The summed E-state index contributed by atoms with van der Waals surface area (Å²) in [5.74, 6) is 0.977. The van der Waals surface area contributed by atoms with E-state index in [0.717, 1.165) is 24.6 Å². The summed E-state index contributed by atoms with van der Waals surface area (Å²) in [5, 5.41) is 7.76. The highest BCUT2D eigenvalue weighted by Crippen LogP contribution is 2.30. The van der Waals surface area contributed by atoms with E-state index in [9.17, 15) is 0 Å². The fourth-order valence-electron chi connectivity index (χ4n) is 2.43. The van der Waals surface area contributed by atoms with Gasteiger partial charge in [0.05, 0.1) is 17.9 Å². The van der Waals surface area contributed by atoms with E-state index in [2.05, 4.69) is 48.1 Å². The smallest absolute Gasteiger partial charge is 0.203 e. The molecule has 0 radical (unpaired) electrons. The number of rotatable bonds is 1. The second kappa shape index (κ2) is 4.11. The highest BCUT2D eigenvalue weighted by molar-refractivity contribution is 5.37. The Morgan fingerprint density at radius 1 is 1.32 bits per heavy atom. The Balaban J connectivity index is 1.86. The molecule has 0 saturated carbocycles. The van der Waals surface area contributed by atoms with Gasteiger partial charge in [0.2, 0.25) is 5.95 Å². The van der Waals surface area contributed by atoms with Crippen LogP contribution in [0.4, 0.5) is 5.95 Å². The van der Waals surface area contributed by atoms with Crippen molar-refractivity contribution in [2.24, 2.45) is 7.05 Å². The first-order valence-electron chi connectivity index (χ1n) is 6.76. The molecule has 1 N–H and O–H groups in total. The Bertz CT molecular complexity index is 587. The number of anilines is 1. The van der Waals surface area contributed by atoms with Crippen molar-refractivity contribution in [1.29, 1.82) is 0 Å². The molecule has 2 aromatic rings. The van der Waals surface area contributed by atoms with Crippen LogP contribution in [0.5, 0.6) is 0 Å². The van der Waals surface area contributed by atoms with E-state index in [1.54, 1.807) is 0 Å². The molecular formula is C14H21N5. The molecule has 2 aromatic heterocycles. The highest BCUT2D eigenvalue weighted by atomic mass is 15.3. The van der Waals surface area contributed by atoms with Crippen LogP contribution in [0.1, 0.15) is 44.5 Å². The Kier molecular flexibility index (Phi) is 2.66. The topological polar surface area (TPSA) is 47.7 Å². The molecule has 3 heterocycles. The van der Waals surface area contributed by atoms with Gasteiger partial charge in [0, 0.05) is 37.0 Å². The Hall–Kier alpha value is -1.78. The average molecular weight is 259 g/mol. The number of aromatic nitrogens is 4. The van der Waals surface area contributed by atoms with Gasteiger partial charge in [0.1, 0.15) is 0 Å². The monoisotopic (exact) mass is 259 g/mol. The number of nitrogens with zero attached hydrogens (tertiary/aromatic N) is 4. The summed E-state index contributed by atoms with van der Waals surface area (Å²) in [6.45, 7) is 7.59. The molecule has 0 fully saturated rings. The zero-order chi connectivity index (χ0) is 13.6. The van der Waals surface area contributed by atoms with Crippen molar-refractivity contribution in [2.45, 2.75) is 45.2 Å². The molecule has 1 atom stereocenters. The van der Waals surface area contributed by atoms with Gasteiger partial charge >= 0.3 is 0 Å². The third-order valence-electron chi connectivity index (χ3n) is 3.63. The summed E-state index contributed by atoms with van der Waals surface area (Å²) in [6.07, 6.45) is 7.24. The van der Waals surface area contributed by atoms with Gasteiger partial charge in [-0.3, -0.25) is 4.68 Å². The Labute approximate surface area is 113 Å². The summed E-state index contributed by atoms with van der Waals surface area (Å²) in [7, 11) is 1.95. The second-order valence-corrected chi connectivity index (χ2v) is 6.33. The van der Waals surface area contributed by atoms with Gasteiger partial charge in [0.15, 0.2) is 0 Å². The molecule has 0 aliphatic carbocycles. The molecule has 0 amide bonds. The molecule has 5 nitrogen and oxygen atoms in total. The van der Waals surface area contributed by atoms with Crippen LogP contribution in [0.25, 0.3) is 0 Å². The van der Waals surface area contributed by atoms with Gasteiger partial charge in [-0.1, -0.05) is 20.8 Å². The van der Waals surface area contributed by atoms with Crippen molar-refractivity contribution < 1.29 is 0 Å². The van der Waals surface area contributed by atoms with Crippen molar-refractivity contribution in [3.63, 3.8) is 0 Å². The first kappa shape index (κ1) is 12.3. The molecule has 0 bridgehead atoms. The summed E-state index contributed by atoms with van der Waals surface area (Å²) in [6, 6.07) is 0.316. The number of nitrogens with one attached hydrogen (secondary N) is 1. The lowest BCUT2D eigenvalue weighted by molar-refractivity contribution is 0.540. The first-order chi connectivity index (χ1) is 8.93. The lowest BCUT2D eigenvalue weighted by atomic mass is 9.93. The molecule has 3 rings (SSSR count). The molecule has 0 saturated heterocycles. The summed E-state index contributed by atoms with van der Waals surface area (Å²) >= 11 is 0. The number of hydrogen-bond acceptors (Lipinski definition) is 3. The molecule has 0 aromatic carbocycles. The van der Waals surface area contributed by atoms with Crippen molar-refractivity contribution >= 4 is 5.95 Å². The van der Waals surface area contributed by atoms with E-state index >= 15 is 0 Å². The zero-order valence-electron chi connectivity index (χ0n) is 12.0. The molecule has 5 heteroatoms. The molecule has 1 aliphatic rings. The van der Waals surface area contributed by atoms with Crippen molar-refractivity contribution in [3.05, 3.63) is 29.8 Å². The van der Waals surface area contributed by atoms with Crippen LogP contribution >= 0.6 is 0 Å². The van der Waals surface area contributed by atoms with Gasteiger partial charge in [-0.2, -0.15) is 5.10 Å². The fourth-order valence-corrected chi connectivity index (χ4v) is 2.43. The molecule has 0 spiro atoms. The summed E-state index contributed by atoms with van der Waals surface area (Å²) < 4.78 is 4.06. The molecular weight excluding hydrogens is 238 g/mol. The van der Waals surface area contributed by atoms with Gasteiger partial charge in [-0.25, -0.2) is 4.98 Å². The average Bonchev–Trinajstić information content (AvgIpc) is 2.92. The third kappa shape index (κ3) is 2.25. The number of fused-ring (bicyclic) bond motifs is 1. The maximum absolute atomic E-state index is 4.73. The van der Waals surface area contributed by atoms with Crippen molar-refractivity contribution in [1.82, 2.24) is 19.3 Å². The summed E-state index contributed by atoms with van der Waals surface area (Å²) in [4.78, 5) is 4.73. The zero-order valence-corrected chi connectivity index (χ0v) is 12.0. The minimum atomic E-state index is 0.0931. The quantitative estimate of drug-likeness (QED) is 0.856. The lowest BCUT2D eigenvalue weighted by Gasteiger charge is -2.24. The van der Waals surface area contributed by atoms with Crippen LogP contribution in [0.2, 0.25) is 0 Å². The Morgan fingerprint density at radius 3 is 2.74 bits per heavy atom. The van der Waals surface area contributed by atoms with Crippen molar-refractivity contribution in [2.75, 3.05) is 5.32 Å². The van der Waals surface area contributed by atoms with Crippen molar-refractivity contribution in [3.8, 4) is 0 Å². The molecule has 1 unspecified atom stereocenters. The fraction of sp³-hybridized carbons (Fsp3) is 0.571. The van der Waals surface area contributed by atoms with Gasteiger partial charge < -0.3 is 9.88 Å². The van der Waals surface area contributed by atoms with Crippen LogP contribution in [0.3, 0.4) is 0 Å². The van der Waals surface area contributed by atoms with Crippen LogP contribution in [0.15, 0.2) is 18.6 Å². The van der Waals surface area contributed by atoms with Gasteiger partial charge in [0.25, 0.3) is 0 Å². The normalized spacial score (nSPS) is 19.1. The SMILES string of the molecule is Cn1cc(C2CCn3cc(C(C)(C)C)nc3N2)cn1. The van der Waals surface area contributed by atoms with Crippen LogP contribution < -0.4 is 5.32 Å². The van der Waals surface area contributed by atoms with Crippen LogP contribution in [-0.4, -0.2) is 19.3 Å². The number of imidazole rings is 1. The van der Waals surface area contributed by atoms with E-state index in [1.807, 2.05) is 17.9 Å². The second-order valence-electron chi connectivity index (χ2n) is 6.33. The number of aryl methyl sites for hydroxylation is 2. The maximum Gasteiger partial charge on any atom is 0.203 e.